The van der Waals surface area contributed by atoms with Crippen LogP contribution in [-0.2, 0) is 6.42 Å². The number of hydrogen-bond donors (Lipinski definition) is 1. The van der Waals surface area contributed by atoms with Gasteiger partial charge in [-0.15, -0.1) is 0 Å². The average Bonchev–Trinajstić information content (AvgIpc) is 2.91. The third-order valence-corrected chi connectivity index (χ3v) is 3.26. The van der Waals surface area contributed by atoms with Gasteiger partial charge in [0.15, 0.2) is 0 Å². The SMILES string of the molecule is O=[N+]([O-])c1cn([C@H]2c3ccccc3C[C@H]2O)cn1. The zero-order valence-electron chi connectivity index (χ0n) is 9.43. The predicted octanol–water partition coefficient (Wildman–Crippen LogP) is 1.30. The summed E-state index contributed by atoms with van der Waals surface area (Å²) < 4.78 is 1.61. The molecule has 0 fully saturated rings. The highest BCUT2D eigenvalue weighted by atomic mass is 16.6. The maximum absolute atomic E-state index is 10.6. The molecule has 0 spiro atoms. The summed E-state index contributed by atoms with van der Waals surface area (Å²) in [7, 11) is 0. The number of aliphatic hydroxyl groups is 1. The van der Waals surface area contributed by atoms with E-state index in [1.165, 1.54) is 12.5 Å². The number of nitro groups is 1. The summed E-state index contributed by atoms with van der Waals surface area (Å²) >= 11 is 0. The van der Waals surface area contributed by atoms with Gasteiger partial charge in [0.1, 0.15) is 6.20 Å². The molecule has 1 aliphatic carbocycles. The van der Waals surface area contributed by atoms with Gasteiger partial charge in [-0.25, -0.2) is 0 Å². The van der Waals surface area contributed by atoms with E-state index < -0.39 is 11.0 Å². The third kappa shape index (κ3) is 1.58. The molecular weight excluding hydrogens is 234 g/mol. The lowest BCUT2D eigenvalue weighted by atomic mass is 10.1. The molecule has 92 valence electrons. The summed E-state index contributed by atoms with van der Waals surface area (Å²) in [6, 6.07) is 7.42. The van der Waals surface area contributed by atoms with Crippen molar-refractivity contribution in [3.05, 3.63) is 58.0 Å². The summed E-state index contributed by atoms with van der Waals surface area (Å²) in [6.07, 6.45) is 2.74. The van der Waals surface area contributed by atoms with E-state index in [1.54, 1.807) is 4.57 Å². The largest absolute Gasteiger partial charge is 0.390 e. The summed E-state index contributed by atoms with van der Waals surface area (Å²) in [5.74, 6) is -0.202. The fourth-order valence-electron chi connectivity index (χ4n) is 2.48. The van der Waals surface area contributed by atoms with E-state index >= 15 is 0 Å². The fraction of sp³-hybridized carbons (Fsp3) is 0.250. The van der Waals surface area contributed by atoms with Gasteiger partial charge in [-0.2, -0.15) is 0 Å². The summed E-state index contributed by atoms with van der Waals surface area (Å²) in [4.78, 5) is 13.8. The molecular formula is C12H11N3O3. The zero-order chi connectivity index (χ0) is 12.7. The highest BCUT2D eigenvalue weighted by molar-refractivity contribution is 5.37. The molecule has 18 heavy (non-hydrogen) atoms. The number of rotatable bonds is 2. The van der Waals surface area contributed by atoms with Gasteiger partial charge in [0, 0.05) is 6.42 Å². The second-order valence-electron chi connectivity index (χ2n) is 4.35. The molecule has 0 bridgehead atoms. The lowest BCUT2D eigenvalue weighted by molar-refractivity contribution is -0.389. The van der Waals surface area contributed by atoms with Crippen molar-refractivity contribution in [1.82, 2.24) is 9.55 Å². The summed E-state index contributed by atoms with van der Waals surface area (Å²) in [6.45, 7) is 0. The number of aliphatic hydroxyl groups excluding tert-OH is 1. The first-order valence-electron chi connectivity index (χ1n) is 5.60. The minimum Gasteiger partial charge on any atom is -0.390 e. The van der Waals surface area contributed by atoms with Crippen LogP contribution < -0.4 is 0 Å². The van der Waals surface area contributed by atoms with Crippen molar-refractivity contribution in [2.24, 2.45) is 0 Å². The molecule has 0 saturated carbocycles. The second kappa shape index (κ2) is 3.92. The van der Waals surface area contributed by atoms with Gasteiger partial charge in [0.05, 0.1) is 12.1 Å². The fourth-order valence-corrected chi connectivity index (χ4v) is 2.48. The number of aromatic nitrogens is 2. The van der Waals surface area contributed by atoms with Gasteiger partial charge in [-0.1, -0.05) is 24.3 Å². The predicted molar refractivity (Wildman–Crippen MR) is 63.2 cm³/mol. The Balaban J connectivity index is 2.03. The molecule has 0 aliphatic heterocycles. The van der Waals surface area contributed by atoms with E-state index in [9.17, 15) is 15.2 Å². The first kappa shape index (κ1) is 10.9. The molecule has 6 heteroatoms. The van der Waals surface area contributed by atoms with Crippen molar-refractivity contribution < 1.29 is 10.0 Å². The molecule has 1 N–H and O–H groups in total. The van der Waals surface area contributed by atoms with Crippen molar-refractivity contribution in [3.63, 3.8) is 0 Å². The molecule has 6 nitrogen and oxygen atoms in total. The van der Waals surface area contributed by atoms with Crippen molar-refractivity contribution >= 4 is 5.82 Å². The van der Waals surface area contributed by atoms with Crippen LogP contribution in [0.4, 0.5) is 5.82 Å². The molecule has 1 aromatic heterocycles. The normalized spacial score (nSPS) is 21.8. The van der Waals surface area contributed by atoms with E-state index in [-0.39, 0.29) is 11.9 Å². The highest BCUT2D eigenvalue weighted by Crippen LogP contribution is 2.34. The topological polar surface area (TPSA) is 81.2 Å². The molecule has 2 aromatic rings. The minimum atomic E-state index is -0.573. The van der Waals surface area contributed by atoms with Crippen LogP contribution in [0, 0.1) is 10.1 Å². The van der Waals surface area contributed by atoms with Gasteiger partial charge in [-0.3, -0.25) is 0 Å². The molecule has 1 aromatic carbocycles. The van der Waals surface area contributed by atoms with Gasteiger partial charge in [-0.05, 0) is 21.0 Å². The van der Waals surface area contributed by atoms with Crippen molar-refractivity contribution in [2.45, 2.75) is 18.6 Å². The van der Waals surface area contributed by atoms with Crippen LogP contribution in [0.2, 0.25) is 0 Å². The molecule has 2 atom stereocenters. The van der Waals surface area contributed by atoms with E-state index in [2.05, 4.69) is 4.98 Å². The number of hydrogen-bond acceptors (Lipinski definition) is 4. The van der Waals surface area contributed by atoms with Crippen molar-refractivity contribution in [1.29, 1.82) is 0 Å². The Labute approximate surface area is 103 Å². The lowest BCUT2D eigenvalue weighted by Crippen LogP contribution is -2.19. The standard InChI is InChI=1S/C12H11N3O3/c16-10-5-8-3-1-2-4-9(8)12(10)14-6-11(13-7-14)15(17)18/h1-4,6-7,10,12,16H,5H2/t10-,12+/m1/s1. The van der Waals surface area contributed by atoms with Gasteiger partial charge in [0.2, 0.25) is 6.33 Å². The Hall–Kier alpha value is -2.21. The van der Waals surface area contributed by atoms with E-state index in [1.807, 2.05) is 24.3 Å². The van der Waals surface area contributed by atoms with Crippen LogP contribution in [-0.4, -0.2) is 25.7 Å². The van der Waals surface area contributed by atoms with Crippen LogP contribution in [0.3, 0.4) is 0 Å². The zero-order valence-corrected chi connectivity index (χ0v) is 9.43. The van der Waals surface area contributed by atoms with Gasteiger partial charge >= 0.3 is 5.82 Å². The van der Waals surface area contributed by atoms with Crippen LogP contribution >= 0.6 is 0 Å². The Kier molecular flexibility index (Phi) is 2.38. The molecule has 1 aliphatic rings. The summed E-state index contributed by atoms with van der Waals surface area (Å²) in [5, 5.41) is 20.7. The van der Waals surface area contributed by atoms with E-state index in [0.29, 0.717) is 6.42 Å². The number of benzene rings is 1. The van der Waals surface area contributed by atoms with Crippen LogP contribution in [0.1, 0.15) is 17.2 Å². The molecule has 0 radical (unpaired) electrons. The van der Waals surface area contributed by atoms with E-state index in [4.69, 9.17) is 0 Å². The molecule has 0 amide bonds. The Morgan fingerprint density at radius 2 is 2.22 bits per heavy atom. The highest BCUT2D eigenvalue weighted by Gasteiger charge is 2.33. The molecule has 0 saturated heterocycles. The minimum absolute atomic E-state index is 0.202. The van der Waals surface area contributed by atoms with E-state index in [0.717, 1.165) is 11.1 Å². The smallest absolute Gasteiger partial charge is 0.381 e. The monoisotopic (exact) mass is 245 g/mol. The second-order valence-corrected chi connectivity index (χ2v) is 4.35. The number of nitrogens with zero attached hydrogens (tertiary/aromatic N) is 3. The molecule has 0 unspecified atom stereocenters. The van der Waals surface area contributed by atoms with Gasteiger partial charge in [0.25, 0.3) is 0 Å². The third-order valence-electron chi connectivity index (χ3n) is 3.26. The first-order chi connectivity index (χ1) is 8.66. The number of imidazole rings is 1. The molecule has 3 rings (SSSR count). The van der Waals surface area contributed by atoms with Crippen LogP contribution in [0.25, 0.3) is 0 Å². The maximum Gasteiger partial charge on any atom is 0.381 e. The Morgan fingerprint density at radius 3 is 2.94 bits per heavy atom. The number of fused-ring (bicyclic) bond motifs is 1. The van der Waals surface area contributed by atoms with Crippen molar-refractivity contribution in [2.75, 3.05) is 0 Å². The first-order valence-corrected chi connectivity index (χ1v) is 5.60. The molecule has 1 heterocycles. The van der Waals surface area contributed by atoms with Crippen LogP contribution in [0.5, 0.6) is 0 Å². The van der Waals surface area contributed by atoms with Gasteiger partial charge < -0.3 is 19.8 Å². The maximum atomic E-state index is 10.6. The average molecular weight is 245 g/mol. The Morgan fingerprint density at radius 1 is 1.44 bits per heavy atom. The lowest BCUT2D eigenvalue weighted by Gasteiger charge is -2.15. The van der Waals surface area contributed by atoms with Crippen molar-refractivity contribution in [3.8, 4) is 0 Å². The Bertz CT molecular complexity index is 608. The quantitative estimate of drug-likeness (QED) is 0.638. The summed E-state index contributed by atoms with van der Waals surface area (Å²) in [5.41, 5.74) is 2.07. The van der Waals surface area contributed by atoms with Crippen LogP contribution in [0.15, 0.2) is 36.8 Å².